The van der Waals surface area contributed by atoms with Crippen LogP contribution in [0.5, 0.6) is 0 Å². The van der Waals surface area contributed by atoms with Crippen molar-refractivity contribution < 1.29 is 0 Å². The molecule has 0 aromatic heterocycles. The van der Waals surface area contributed by atoms with Gasteiger partial charge in [-0.15, -0.1) is 0 Å². The molecule has 0 amide bonds. The molecule has 0 unspecified atom stereocenters. The highest BCUT2D eigenvalue weighted by molar-refractivity contribution is 5.21. The Morgan fingerprint density at radius 1 is 1.00 bits per heavy atom. The van der Waals surface area contributed by atoms with Crippen molar-refractivity contribution in [1.29, 1.82) is 0 Å². The third kappa shape index (κ3) is 8.23. The molecule has 0 spiro atoms. The molecule has 1 aromatic rings. The zero-order valence-corrected chi connectivity index (χ0v) is 11.0. The van der Waals surface area contributed by atoms with Gasteiger partial charge in [0.05, 0.1) is 0 Å². The van der Waals surface area contributed by atoms with E-state index < -0.39 is 0 Å². The van der Waals surface area contributed by atoms with Gasteiger partial charge in [-0.2, -0.15) is 0 Å². The van der Waals surface area contributed by atoms with Crippen LogP contribution in [0.2, 0.25) is 0 Å². The van der Waals surface area contributed by atoms with Gasteiger partial charge in [-0.3, -0.25) is 0 Å². The second kappa shape index (κ2) is 8.52. The van der Waals surface area contributed by atoms with E-state index in [2.05, 4.69) is 58.9 Å². The zero-order chi connectivity index (χ0) is 11.7. The van der Waals surface area contributed by atoms with Crippen LogP contribution in [0.1, 0.15) is 51.7 Å². The molecule has 0 fully saturated rings. The summed E-state index contributed by atoms with van der Waals surface area (Å²) in [5.41, 5.74) is 2.82. The quantitative estimate of drug-likeness (QED) is 0.653. The molecule has 0 heteroatoms. The van der Waals surface area contributed by atoms with E-state index in [0.717, 1.165) is 5.92 Å². The van der Waals surface area contributed by atoms with Gasteiger partial charge in [0, 0.05) is 0 Å². The van der Waals surface area contributed by atoms with E-state index in [0.29, 0.717) is 0 Å². The molecular formula is C15H26. The zero-order valence-electron chi connectivity index (χ0n) is 11.0. The Labute approximate surface area is 95.7 Å². The number of hydrogen-bond acceptors (Lipinski definition) is 0. The molecule has 0 aliphatic rings. The van der Waals surface area contributed by atoms with Crippen molar-refractivity contribution >= 4 is 0 Å². The smallest absolute Gasteiger partial charge is 0.0276 e. The lowest BCUT2D eigenvalue weighted by Gasteiger charge is -2.04. The van der Waals surface area contributed by atoms with Gasteiger partial charge < -0.3 is 0 Å². The van der Waals surface area contributed by atoms with E-state index in [-0.39, 0.29) is 0 Å². The molecule has 1 rings (SSSR count). The summed E-state index contributed by atoms with van der Waals surface area (Å²) >= 11 is 0. The fourth-order valence-corrected chi connectivity index (χ4v) is 1.21. The molecule has 15 heavy (non-hydrogen) atoms. The van der Waals surface area contributed by atoms with Crippen molar-refractivity contribution in [3.8, 4) is 0 Å². The maximum Gasteiger partial charge on any atom is -0.0276 e. The highest BCUT2D eigenvalue weighted by Crippen LogP contribution is 2.09. The molecule has 0 radical (unpaired) electrons. The molecular weight excluding hydrogens is 180 g/mol. The van der Waals surface area contributed by atoms with Crippen molar-refractivity contribution in [2.24, 2.45) is 5.92 Å². The fourth-order valence-electron chi connectivity index (χ4n) is 1.21. The molecule has 1 aromatic carbocycles. The van der Waals surface area contributed by atoms with Crippen molar-refractivity contribution in [3.05, 3.63) is 35.4 Å². The van der Waals surface area contributed by atoms with Crippen LogP contribution in [0.3, 0.4) is 0 Å². The highest BCUT2D eigenvalue weighted by atomic mass is 14.0. The normalized spacial score (nSPS) is 9.73. The lowest BCUT2D eigenvalue weighted by molar-refractivity contribution is 0.586. The lowest BCUT2D eigenvalue weighted by atomic mass is 10.0. The van der Waals surface area contributed by atoms with Crippen LogP contribution in [0.15, 0.2) is 24.3 Å². The molecule has 0 saturated heterocycles. The largest absolute Gasteiger partial charge is 0.0656 e. The lowest BCUT2D eigenvalue weighted by Crippen LogP contribution is -1.91. The topological polar surface area (TPSA) is 0 Å². The summed E-state index contributed by atoms with van der Waals surface area (Å²) in [6, 6.07) is 8.85. The Balaban J connectivity index is 0.000000583. The van der Waals surface area contributed by atoms with Crippen molar-refractivity contribution in [2.75, 3.05) is 0 Å². The number of aryl methyl sites for hydroxylation is 2. The van der Waals surface area contributed by atoms with Crippen LogP contribution < -0.4 is 0 Å². The second-order valence-corrected chi connectivity index (χ2v) is 4.63. The Bertz CT molecular complexity index is 231. The highest BCUT2D eigenvalue weighted by Gasteiger charge is 1.95. The Morgan fingerprint density at radius 3 is 1.87 bits per heavy atom. The maximum atomic E-state index is 2.27. The van der Waals surface area contributed by atoms with Gasteiger partial charge >= 0.3 is 0 Å². The number of benzene rings is 1. The summed E-state index contributed by atoms with van der Waals surface area (Å²) in [5.74, 6) is 0.811. The average Bonchev–Trinajstić information content (AvgIpc) is 2.18. The van der Waals surface area contributed by atoms with Crippen LogP contribution in [-0.4, -0.2) is 0 Å². The molecule has 86 valence electrons. The molecule has 0 N–H and O–H groups in total. The summed E-state index contributed by atoms with van der Waals surface area (Å²) in [5, 5.41) is 0. The van der Waals surface area contributed by atoms with Crippen LogP contribution in [-0.2, 0) is 6.42 Å². The minimum atomic E-state index is 0.811. The van der Waals surface area contributed by atoms with Crippen LogP contribution in [0.25, 0.3) is 0 Å². The molecule has 0 nitrogen and oxygen atoms in total. The maximum absolute atomic E-state index is 2.27. The molecule has 0 aliphatic carbocycles. The summed E-state index contributed by atoms with van der Waals surface area (Å²) in [4.78, 5) is 0. The van der Waals surface area contributed by atoms with Gasteiger partial charge in [-0.25, -0.2) is 0 Å². The average molecular weight is 206 g/mol. The fraction of sp³-hybridized carbons (Fsp3) is 0.600. The molecule has 0 bridgehead atoms. The first-order valence-electron chi connectivity index (χ1n) is 6.15. The van der Waals surface area contributed by atoms with Gasteiger partial charge in [-0.1, -0.05) is 63.9 Å². The molecule has 0 aliphatic heterocycles. The van der Waals surface area contributed by atoms with E-state index >= 15 is 0 Å². The van der Waals surface area contributed by atoms with Crippen molar-refractivity contribution in [2.45, 2.75) is 53.9 Å². The summed E-state index contributed by atoms with van der Waals surface area (Å²) in [6.45, 7) is 10.9. The third-order valence-corrected chi connectivity index (χ3v) is 2.13. The predicted octanol–water partition coefficient (Wildman–Crippen LogP) is 5.00. The minimum absolute atomic E-state index is 0.811. The standard InChI is InChI=1S/C12H18.C3H8/c1-10(2)4-7-12-8-5-11(3)6-9-12;1-3-2/h5-6,8-10H,4,7H2,1-3H3;3H2,1-2H3. The van der Waals surface area contributed by atoms with Gasteiger partial charge in [0.15, 0.2) is 0 Å². The first-order valence-corrected chi connectivity index (χ1v) is 6.15. The van der Waals surface area contributed by atoms with Crippen LogP contribution in [0.4, 0.5) is 0 Å². The first-order chi connectivity index (χ1) is 7.10. The monoisotopic (exact) mass is 206 g/mol. The molecule has 0 saturated carbocycles. The van der Waals surface area contributed by atoms with E-state index in [1.54, 1.807) is 0 Å². The van der Waals surface area contributed by atoms with Gasteiger partial charge in [-0.05, 0) is 31.2 Å². The van der Waals surface area contributed by atoms with Crippen molar-refractivity contribution in [3.63, 3.8) is 0 Å². The first kappa shape index (κ1) is 14.2. The molecule has 0 heterocycles. The summed E-state index contributed by atoms with van der Waals surface area (Å²) in [7, 11) is 0. The van der Waals surface area contributed by atoms with Crippen LogP contribution >= 0.6 is 0 Å². The Morgan fingerprint density at radius 2 is 1.47 bits per heavy atom. The van der Waals surface area contributed by atoms with Gasteiger partial charge in [0.1, 0.15) is 0 Å². The summed E-state index contributed by atoms with van der Waals surface area (Å²) < 4.78 is 0. The predicted molar refractivity (Wildman–Crippen MR) is 70.3 cm³/mol. The van der Waals surface area contributed by atoms with Gasteiger partial charge in [0.2, 0.25) is 0 Å². The minimum Gasteiger partial charge on any atom is -0.0656 e. The van der Waals surface area contributed by atoms with E-state index in [1.165, 1.54) is 30.4 Å². The third-order valence-electron chi connectivity index (χ3n) is 2.13. The van der Waals surface area contributed by atoms with Gasteiger partial charge in [0.25, 0.3) is 0 Å². The van der Waals surface area contributed by atoms with E-state index in [4.69, 9.17) is 0 Å². The van der Waals surface area contributed by atoms with Crippen molar-refractivity contribution in [1.82, 2.24) is 0 Å². The Kier molecular flexibility index (Phi) is 8.08. The second-order valence-electron chi connectivity index (χ2n) is 4.63. The van der Waals surface area contributed by atoms with E-state index in [1.807, 2.05) is 0 Å². The van der Waals surface area contributed by atoms with Crippen LogP contribution in [0, 0.1) is 12.8 Å². The SMILES string of the molecule is CCC.Cc1ccc(CCC(C)C)cc1. The molecule has 0 atom stereocenters. The summed E-state index contributed by atoms with van der Waals surface area (Å²) in [6.07, 6.45) is 3.76. The number of rotatable bonds is 3. The Hall–Kier alpha value is -0.780. The van der Waals surface area contributed by atoms with E-state index in [9.17, 15) is 0 Å². The number of hydrogen-bond donors (Lipinski definition) is 0.